The van der Waals surface area contributed by atoms with Crippen LogP contribution < -0.4 is 15.1 Å². The maximum Gasteiger partial charge on any atom is 0.279 e. The number of hydrogen-bond donors (Lipinski definition) is 3. The van der Waals surface area contributed by atoms with E-state index in [4.69, 9.17) is 11.6 Å². The molecule has 142 valence electrons. The third-order valence-corrected chi connectivity index (χ3v) is 5.03. The molecule has 6 heteroatoms. The molecule has 0 unspecified atom stereocenters. The fourth-order valence-corrected chi connectivity index (χ4v) is 3.45. The highest BCUT2D eigenvalue weighted by atomic mass is 35.5. The molecule has 2 aromatic rings. The van der Waals surface area contributed by atoms with Crippen LogP contribution in [0.5, 0.6) is 0 Å². The lowest BCUT2D eigenvalue weighted by molar-refractivity contribution is -1.01. The van der Waals surface area contributed by atoms with Crippen molar-refractivity contribution < 1.29 is 19.0 Å². The molecule has 0 radical (unpaired) electrons. The molecule has 2 aromatic carbocycles. The molecule has 1 amide bonds. The summed E-state index contributed by atoms with van der Waals surface area (Å²) in [6, 6.07) is 14.4. The maximum absolute atomic E-state index is 13.7. The molecule has 1 fully saturated rings. The van der Waals surface area contributed by atoms with Crippen LogP contribution in [0.4, 0.5) is 10.1 Å². The Kier molecular flexibility index (Phi) is 6.98. The summed E-state index contributed by atoms with van der Waals surface area (Å²) in [6.45, 7) is 5.24. The molecule has 4 nitrogen and oxygen atoms in total. The van der Waals surface area contributed by atoms with E-state index >= 15 is 0 Å². The quantitative estimate of drug-likeness (QED) is 0.675. The Morgan fingerprint density at radius 3 is 2.52 bits per heavy atom. The van der Waals surface area contributed by atoms with E-state index in [0.29, 0.717) is 11.6 Å². The molecule has 3 N–H and O–H groups in total. The summed E-state index contributed by atoms with van der Waals surface area (Å²) < 4.78 is 13.7. The van der Waals surface area contributed by atoms with Crippen molar-refractivity contribution in [2.45, 2.75) is 0 Å². The van der Waals surface area contributed by atoms with E-state index in [9.17, 15) is 9.18 Å². The van der Waals surface area contributed by atoms with Gasteiger partial charge >= 0.3 is 0 Å². The average molecular weight is 390 g/mol. The van der Waals surface area contributed by atoms with E-state index in [-0.39, 0.29) is 11.6 Å². The number of carbonyl (C=O) groups is 1. The van der Waals surface area contributed by atoms with Gasteiger partial charge in [-0.2, -0.15) is 0 Å². The molecule has 1 saturated heterocycles. The predicted octanol–water partition coefficient (Wildman–Crippen LogP) is 0.914. The second-order valence-electron chi connectivity index (χ2n) is 6.87. The minimum atomic E-state index is -0.470. The summed E-state index contributed by atoms with van der Waals surface area (Å²) in [6.07, 6.45) is 4.36. The average Bonchev–Trinajstić information content (AvgIpc) is 2.67. The van der Waals surface area contributed by atoms with Crippen LogP contribution in [-0.4, -0.2) is 45.2 Å². The van der Waals surface area contributed by atoms with Crippen molar-refractivity contribution in [3.05, 3.63) is 71.0 Å². The number of amides is 1. The number of hydrogen-bond acceptors (Lipinski definition) is 1. The van der Waals surface area contributed by atoms with Crippen LogP contribution in [-0.2, 0) is 4.79 Å². The molecule has 27 heavy (non-hydrogen) atoms. The van der Waals surface area contributed by atoms with Crippen LogP contribution in [0.1, 0.15) is 5.56 Å². The van der Waals surface area contributed by atoms with E-state index in [2.05, 4.69) is 29.6 Å². The van der Waals surface area contributed by atoms with E-state index < -0.39 is 5.82 Å². The predicted molar refractivity (Wildman–Crippen MR) is 107 cm³/mol. The van der Waals surface area contributed by atoms with Crippen LogP contribution in [0.15, 0.2) is 54.6 Å². The number of anilines is 1. The molecule has 0 bridgehead atoms. The van der Waals surface area contributed by atoms with E-state index in [0.717, 1.165) is 32.7 Å². The summed E-state index contributed by atoms with van der Waals surface area (Å²) in [5.41, 5.74) is 1.35. The van der Waals surface area contributed by atoms with Crippen LogP contribution in [0.2, 0.25) is 5.02 Å². The summed E-state index contributed by atoms with van der Waals surface area (Å²) in [5, 5.41) is 3.03. The first-order valence-corrected chi connectivity index (χ1v) is 9.61. The normalized spacial score (nSPS) is 19.9. The molecule has 1 heterocycles. The Balaban J connectivity index is 1.40. The van der Waals surface area contributed by atoms with Crippen LogP contribution in [0, 0.1) is 5.82 Å². The summed E-state index contributed by atoms with van der Waals surface area (Å²) in [4.78, 5) is 14.9. The first-order valence-electron chi connectivity index (χ1n) is 9.24. The molecule has 1 aliphatic heterocycles. The topological polar surface area (TPSA) is 38.0 Å². The monoisotopic (exact) mass is 389 g/mol. The zero-order valence-electron chi connectivity index (χ0n) is 15.2. The standard InChI is InChI=1S/C21H23ClFN3O/c22-18-8-9-19(23)20(15-18)24-21(27)16-26-13-11-25(12-14-26)10-4-7-17-5-2-1-3-6-17/h1-9,15H,10-14,16H2,(H,24,27)/p+2/b7-4+. The van der Waals surface area contributed by atoms with Gasteiger partial charge in [0, 0.05) is 5.02 Å². The smallest absolute Gasteiger partial charge is 0.279 e. The van der Waals surface area contributed by atoms with E-state index in [1.807, 2.05) is 18.2 Å². The number of halogens is 2. The van der Waals surface area contributed by atoms with Crippen molar-refractivity contribution in [3.63, 3.8) is 0 Å². The summed E-state index contributed by atoms with van der Waals surface area (Å²) in [5.74, 6) is -0.652. The van der Waals surface area contributed by atoms with Gasteiger partial charge in [0.25, 0.3) is 5.91 Å². The molecule has 0 atom stereocenters. The Hall–Kier alpha value is -2.21. The lowest BCUT2D eigenvalue weighted by Crippen LogP contribution is -3.28. The largest absolute Gasteiger partial charge is 0.322 e. The SMILES string of the molecule is O=C(C[NH+]1CC[NH+](C/C=C/c2ccccc2)CC1)Nc1cc(Cl)ccc1F. The van der Waals surface area contributed by atoms with Crippen molar-refractivity contribution in [1.29, 1.82) is 0 Å². The van der Waals surface area contributed by atoms with Gasteiger partial charge in [0.1, 0.15) is 32.0 Å². The Morgan fingerprint density at radius 1 is 1.07 bits per heavy atom. The number of benzene rings is 2. The lowest BCUT2D eigenvalue weighted by atomic mass is 10.2. The Bertz CT molecular complexity index is 789. The molecule has 0 aromatic heterocycles. The van der Waals surface area contributed by atoms with Crippen molar-refractivity contribution >= 4 is 29.3 Å². The zero-order chi connectivity index (χ0) is 19.1. The molecule has 1 aliphatic rings. The minimum Gasteiger partial charge on any atom is -0.322 e. The second kappa shape index (κ2) is 9.65. The van der Waals surface area contributed by atoms with Gasteiger partial charge in [-0.15, -0.1) is 0 Å². The number of piperazine rings is 1. The maximum atomic E-state index is 13.7. The molecular weight excluding hydrogens is 365 g/mol. The van der Waals surface area contributed by atoms with Crippen LogP contribution >= 0.6 is 11.6 Å². The van der Waals surface area contributed by atoms with Gasteiger partial charge in [-0.05, 0) is 29.8 Å². The van der Waals surface area contributed by atoms with Gasteiger partial charge in [0.15, 0.2) is 6.54 Å². The zero-order valence-corrected chi connectivity index (χ0v) is 15.9. The van der Waals surface area contributed by atoms with Crippen molar-refractivity contribution in [2.75, 3.05) is 44.6 Å². The Labute approximate surface area is 164 Å². The highest BCUT2D eigenvalue weighted by Crippen LogP contribution is 2.19. The van der Waals surface area contributed by atoms with Gasteiger partial charge < -0.3 is 15.1 Å². The minimum absolute atomic E-state index is 0.141. The Morgan fingerprint density at radius 2 is 1.78 bits per heavy atom. The van der Waals surface area contributed by atoms with E-state index in [1.54, 1.807) is 0 Å². The fourth-order valence-electron chi connectivity index (χ4n) is 3.28. The van der Waals surface area contributed by atoms with Gasteiger partial charge in [-0.3, -0.25) is 4.79 Å². The first kappa shape index (κ1) is 19.5. The fraction of sp³-hybridized carbons (Fsp3) is 0.286. The first-order chi connectivity index (χ1) is 13.1. The number of rotatable bonds is 6. The number of quaternary nitrogens is 2. The van der Waals surface area contributed by atoms with Crippen molar-refractivity contribution in [2.24, 2.45) is 0 Å². The highest BCUT2D eigenvalue weighted by Gasteiger charge is 2.24. The second-order valence-corrected chi connectivity index (χ2v) is 7.30. The summed E-state index contributed by atoms with van der Waals surface area (Å²) >= 11 is 5.86. The molecule has 0 aliphatic carbocycles. The lowest BCUT2D eigenvalue weighted by Gasteiger charge is -2.28. The summed E-state index contributed by atoms with van der Waals surface area (Å²) in [7, 11) is 0. The third-order valence-electron chi connectivity index (χ3n) is 4.79. The van der Waals surface area contributed by atoms with Crippen molar-refractivity contribution in [1.82, 2.24) is 0 Å². The number of carbonyl (C=O) groups excluding carboxylic acids is 1. The number of nitrogens with one attached hydrogen (secondary N) is 3. The van der Waals surface area contributed by atoms with Gasteiger partial charge in [-0.1, -0.05) is 48.0 Å². The van der Waals surface area contributed by atoms with Crippen LogP contribution in [0.3, 0.4) is 0 Å². The third kappa shape index (κ3) is 6.17. The van der Waals surface area contributed by atoms with Gasteiger partial charge in [0.05, 0.1) is 12.2 Å². The molecule has 0 spiro atoms. The highest BCUT2D eigenvalue weighted by molar-refractivity contribution is 6.30. The molecule has 3 rings (SSSR count). The van der Waals surface area contributed by atoms with Crippen molar-refractivity contribution in [3.8, 4) is 0 Å². The van der Waals surface area contributed by atoms with Crippen LogP contribution in [0.25, 0.3) is 6.08 Å². The van der Waals surface area contributed by atoms with E-state index in [1.165, 1.54) is 33.6 Å². The molecular formula is C21H25ClFN3O+2. The van der Waals surface area contributed by atoms with Gasteiger partial charge in [-0.25, -0.2) is 4.39 Å². The van der Waals surface area contributed by atoms with Gasteiger partial charge in [0.2, 0.25) is 0 Å². The molecule has 0 saturated carbocycles.